The van der Waals surface area contributed by atoms with Gasteiger partial charge in [0.2, 0.25) is 0 Å². The molecule has 0 amide bonds. The maximum atomic E-state index is 10.7. The summed E-state index contributed by atoms with van der Waals surface area (Å²) in [6.07, 6.45) is 1.75. The molecule has 0 spiro atoms. The average Bonchev–Trinajstić information content (AvgIpc) is 2.66. The van der Waals surface area contributed by atoms with E-state index in [1.165, 1.54) is 0 Å². The summed E-state index contributed by atoms with van der Waals surface area (Å²) < 4.78 is 0. The molecule has 2 N–H and O–H groups in total. The first kappa shape index (κ1) is 15.2. The molecule has 0 saturated heterocycles. The van der Waals surface area contributed by atoms with Gasteiger partial charge in [-0.2, -0.15) is 0 Å². The first-order chi connectivity index (χ1) is 12.2. The number of hydrogen-bond acceptors (Lipinski definition) is 3. The molecule has 3 nitrogen and oxygen atoms in total. The minimum atomic E-state index is -0.229. The summed E-state index contributed by atoms with van der Waals surface area (Å²) in [5.41, 5.74) is 2.63. The Morgan fingerprint density at radius 2 is 1.48 bits per heavy atom. The number of pyridine rings is 1. The van der Waals surface area contributed by atoms with Gasteiger partial charge in [-0.1, -0.05) is 48.5 Å². The monoisotopic (exact) mass is 327 g/mol. The van der Waals surface area contributed by atoms with Crippen LogP contribution in [-0.4, -0.2) is 15.2 Å². The van der Waals surface area contributed by atoms with E-state index >= 15 is 0 Å². The predicted octanol–water partition coefficient (Wildman–Crippen LogP) is 4.83. The quantitative estimate of drug-likeness (QED) is 0.567. The fourth-order valence-electron chi connectivity index (χ4n) is 3.29. The van der Waals surface area contributed by atoms with Gasteiger partial charge in [0.1, 0.15) is 11.5 Å². The molecular formula is C22H17NO2. The maximum absolute atomic E-state index is 10.7. The van der Waals surface area contributed by atoms with Crippen LogP contribution >= 0.6 is 0 Å². The lowest BCUT2D eigenvalue weighted by molar-refractivity contribution is 0.468. The Balaban J connectivity index is 2.02. The smallest absolute Gasteiger partial charge is 0.120 e. The van der Waals surface area contributed by atoms with Gasteiger partial charge in [-0.25, -0.2) is 0 Å². The second-order valence-electron chi connectivity index (χ2n) is 6.00. The van der Waals surface area contributed by atoms with Crippen molar-refractivity contribution in [3.05, 3.63) is 102 Å². The molecule has 4 aromatic rings. The molecule has 4 rings (SSSR count). The van der Waals surface area contributed by atoms with Gasteiger partial charge < -0.3 is 10.2 Å². The molecule has 0 aliphatic heterocycles. The van der Waals surface area contributed by atoms with Crippen molar-refractivity contribution in [3.8, 4) is 11.5 Å². The Labute approximate surface area is 145 Å². The number of phenols is 2. The second kappa shape index (κ2) is 6.29. The molecule has 3 aromatic carbocycles. The lowest BCUT2D eigenvalue weighted by atomic mass is 9.84. The largest absolute Gasteiger partial charge is 0.508 e. The van der Waals surface area contributed by atoms with Crippen molar-refractivity contribution in [2.75, 3.05) is 0 Å². The molecule has 1 aromatic heterocycles. The van der Waals surface area contributed by atoms with Crippen molar-refractivity contribution in [2.24, 2.45) is 0 Å². The minimum absolute atomic E-state index is 0.214. The zero-order valence-corrected chi connectivity index (χ0v) is 13.5. The van der Waals surface area contributed by atoms with E-state index in [9.17, 15) is 10.2 Å². The van der Waals surface area contributed by atoms with E-state index in [4.69, 9.17) is 0 Å². The van der Waals surface area contributed by atoms with E-state index in [1.807, 2.05) is 60.7 Å². The van der Waals surface area contributed by atoms with Crippen molar-refractivity contribution in [1.82, 2.24) is 4.98 Å². The van der Waals surface area contributed by atoms with Crippen LogP contribution in [0.3, 0.4) is 0 Å². The third-order valence-electron chi connectivity index (χ3n) is 4.45. The van der Waals surface area contributed by atoms with Crippen molar-refractivity contribution < 1.29 is 10.2 Å². The first-order valence-electron chi connectivity index (χ1n) is 8.14. The highest BCUT2D eigenvalue weighted by Gasteiger charge is 2.23. The molecule has 122 valence electrons. The van der Waals surface area contributed by atoms with E-state index in [2.05, 4.69) is 4.98 Å². The Morgan fingerprint density at radius 1 is 0.720 bits per heavy atom. The Hall–Kier alpha value is -3.33. The summed E-state index contributed by atoms with van der Waals surface area (Å²) >= 11 is 0. The third kappa shape index (κ3) is 2.81. The van der Waals surface area contributed by atoms with Gasteiger partial charge >= 0.3 is 0 Å². The average molecular weight is 327 g/mol. The van der Waals surface area contributed by atoms with Crippen LogP contribution in [0.1, 0.15) is 22.7 Å². The highest BCUT2D eigenvalue weighted by Crippen LogP contribution is 2.40. The van der Waals surface area contributed by atoms with Gasteiger partial charge in [0.05, 0.1) is 11.6 Å². The fraction of sp³-hybridized carbons (Fsp3) is 0.0455. The van der Waals surface area contributed by atoms with Crippen molar-refractivity contribution >= 4 is 10.8 Å². The molecule has 0 radical (unpaired) electrons. The summed E-state index contributed by atoms with van der Waals surface area (Å²) in [6.45, 7) is 0. The van der Waals surface area contributed by atoms with Gasteiger partial charge in [0, 0.05) is 11.8 Å². The standard InChI is InChI=1S/C22H17NO2/c24-17-11-8-16(9-12-17)21(19-7-3-4-14-23-19)22-18-6-2-1-5-15(18)10-13-20(22)25/h1-14,21,24-25H. The van der Waals surface area contributed by atoms with Gasteiger partial charge in [0.15, 0.2) is 0 Å². The summed E-state index contributed by atoms with van der Waals surface area (Å²) in [5, 5.41) is 22.4. The highest BCUT2D eigenvalue weighted by atomic mass is 16.3. The minimum Gasteiger partial charge on any atom is -0.508 e. The number of hydrogen-bond donors (Lipinski definition) is 2. The number of benzene rings is 3. The summed E-state index contributed by atoms with van der Waals surface area (Å²) in [7, 11) is 0. The molecule has 3 heteroatoms. The highest BCUT2D eigenvalue weighted by molar-refractivity contribution is 5.89. The van der Waals surface area contributed by atoms with Gasteiger partial charge in [-0.15, -0.1) is 0 Å². The predicted molar refractivity (Wildman–Crippen MR) is 98.9 cm³/mol. The molecule has 1 atom stereocenters. The van der Waals surface area contributed by atoms with Crippen LogP contribution in [0.5, 0.6) is 11.5 Å². The molecule has 1 unspecified atom stereocenters. The van der Waals surface area contributed by atoms with E-state index in [1.54, 1.807) is 24.4 Å². The van der Waals surface area contributed by atoms with E-state index < -0.39 is 0 Å². The van der Waals surface area contributed by atoms with Gasteiger partial charge in [0.25, 0.3) is 0 Å². The Bertz CT molecular complexity index is 1010. The zero-order valence-electron chi connectivity index (χ0n) is 13.5. The van der Waals surface area contributed by atoms with Crippen LogP contribution in [0.15, 0.2) is 85.1 Å². The van der Waals surface area contributed by atoms with E-state index in [-0.39, 0.29) is 17.4 Å². The summed E-state index contributed by atoms with van der Waals surface area (Å²) in [6, 6.07) is 24.5. The lowest BCUT2D eigenvalue weighted by Crippen LogP contribution is -2.06. The number of fused-ring (bicyclic) bond motifs is 1. The molecule has 0 saturated carbocycles. The Kier molecular flexibility index (Phi) is 3.82. The number of nitrogens with zero attached hydrogens (tertiary/aromatic N) is 1. The number of phenolic OH excluding ortho intramolecular Hbond substituents is 2. The van der Waals surface area contributed by atoms with Crippen LogP contribution in [0, 0.1) is 0 Å². The maximum Gasteiger partial charge on any atom is 0.120 e. The lowest BCUT2D eigenvalue weighted by Gasteiger charge is -2.21. The molecule has 0 aliphatic rings. The van der Waals surface area contributed by atoms with Crippen LogP contribution in [0.2, 0.25) is 0 Å². The SMILES string of the molecule is Oc1ccc(C(c2ccccn2)c2c(O)ccc3ccccc23)cc1. The van der Waals surface area contributed by atoms with Gasteiger partial charge in [-0.3, -0.25) is 4.98 Å². The van der Waals surface area contributed by atoms with Gasteiger partial charge in [-0.05, 0) is 46.7 Å². The number of aromatic hydroxyl groups is 2. The van der Waals surface area contributed by atoms with E-state index in [0.29, 0.717) is 0 Å². The van der Waals surface area contributed by atoms with Crippen LogP contribution in [-0.2, 0) is 0 Å². The number of rotatable bonds is 3. The normalized spacial score (nSPS) is 12.2. The molecule has 1 heterocycles. The second-order valence-corrected chi connectivity index (χ2v) is 6.00. The number of aromatic nitrogens is 1. The molecule has 25 heavy (non-hydrogen) atoms. The van der Waals surface area contributed by atoms with Crippen LogP contribution in [0.25, 0.3) is 10.8 Å². The molecule has 0 fully saturated rings. The third-order valence-corrected chi connectivity index (χ3v) is 4.45. The summed E-state index contributed by atoms with van der Waals surface area (Å²) in [5.74, 6) is 0.223. The van der Waals surface area contributed by atoms with Crippen molar-refractivity contribution in [3.63, 3.8) is 0 Å². The molecule has 0 aliphatic carbocycles. The molecule has 0 bridgehead atoms. The summed E-state index contributed by atoms with van der Waals surface area (Å²) in [4.78, 5) is 4.53. The topological polar surface area (TPSA) is 53.4 Å². The molecular weight excluding hydrogens is 310 g/mol. The van der Waals surface area contributed by atoms with Crippen molar-refractivity contribution in [1.29, 1.82) is 0 Å². The van der Waals surface area contributed by atoms with Crippen LogP contribution < -0.4 is 0 Å². The van der Waals surface area contributed by atoms with Crippen LogP contribution in [0.4, 0.5) is 0 Å². The first-order valence-corrected chi connectivity index (χ1v) is 8.14. The van der Waals surface area contributed by atoms with Crippen molar-refractivity contribution in [2.45, 2.75) is 5.92 Å². The van der Waals surface area contributed by atoms with E-state index in [0.717, 1.165) is 27.6 Å². The fourth-order valence-corrected chi connectivity index (χ4v) is 3.29. The zero-order chi connectivity index (χ0) is 17.2. The Morgan fingerprint density at radius 3 is 2.24 bits per heavy atom.